The number of benzene rings is 1. The van der Waals surface area contributed by atoms with Gasteiger partial charge < -0.3 is 9.73 Å². The Morgan fingerprint density at radius 3 is 2.61 bits per heavy atom. The van der Waals surface area contributed by atoms with Crippen LogP contribution in [0.1, 0.15) is 63.2 Å². The molecule has 2 aliphatic rings. The second-order valence-electron chi connectivity index (χ2n) is 8.23. The molecular formula is C22H28N4O2. The highest BCUT2D eigenvalue weighted by molar-refractivity contribution is 5.79. The first-order valence-corrected chi connectivity index (χ1v) is 10.5. The van der Waals surface area contributed by atoms with Gasteiger partial charge in [0.2, 0.25) is 5.91 Å². The van der Waals surface area contributed by atoms with Crippen LogP contribution in [0.2, 0.25) is 0 Å². The first-order chi connectivity index (χ1) is 13.7. The molecule has 0 atom stereocenters. The molecule has 0 radical (unpaired) electrons. The molecule has 1 saturated carbocycles. The molecule has 148 valence electrons. The molecule has 28 heavy (non-hydrogen) atoms. The summed E-state index contributed by atoms with van der Waals surface area (Å²) < 4.78 is 5.92. The van der Waals surface area contributed by atoms with Crippen LogP contribution >= 0.6 is 0 Å². The number of nitriles is 1. The lowest BCUT2D eigenvalue weighted by atomic mass is 9.91. The van der Waals surface area contributed by atoms with Crippen LogP contribution < -0.4 is 5.32 Å². The Balaban J connectivity index is 1.30. The molecule has 1 aliphatic heterocycles. The summed E-state index contributed by atoms with van der Waals surface area (Å²) in [6, 6.07) is 10.2. The smallest absolute Gasteiger partial charge is 0.235 e. The Hall–Kier alpha value is -2.39. The van der Waals surface area contributed by atoms with Crippen molar-refractivity contribution in [2.45, 2.75) is 62.8 Å². The van der Waals surface area contributed by atoms with Crippen LogP contribution in [0.15, 0.2) is 28.7 Å². The number of rotatable bonds is 4. The van der Waals surface area contributed by atoms with Crippen LogP contribution in [-0.2, 0) is 4.79 Å². The molecule has 1 N–H and O–H groups in total. The number of amides is 1. The minimum atomic E-state index is -0.663. The predicted octanol–water partition coefficient (Wildman–Crippen LogP) is 3.74. The zero-order chi connectivity index (χ0) is 19.4. The minimum absolute atomic E-state index is 0.0243. The van der Waals surface area contributed by atoms with Crippen LogP contribution in [-0.4, -0.2) is 41.0 Å². The fourth-order valence-corrected chi connectivity index (χ4v) is 4.51. The van der Waals surface area contributed by atoms with Crippen molar-refractivity contribution in [2.24, 2.45) is 0 Å². The zero-order valence-corrected chi connectivity index (χ0v) is 16.3. The Kier molecular flexibility index (Phi) is 5.63. The number of oxazole rings is 1. The van der Waals surface area contributed by atoms with Gasteiger partial charge in [-0.3, -0.25) is 9.69 Å². The van der Waals surface area contributed by atoms with Crippen molar-refractivity contribution in [1.82, 2.24) is 15.2 Å². The Bertz CT molecular complexity index is 820. The van der Waals surface area contributed by atoms with Crippen molar-refractivity contribution in [3.8, 4) is 6.07 Å². The first-order valence-electron chi connectivity index (χ1n) is 10.5. The molecule has 1 aromatic heterocycles. The van der Waals surface area contributed by atoms with Gasteiger partial charge in [0.25, 0.3) is 0 Å². The zero-order valence-electron chi connectivity index (χ0n) is 16.3. The number of fused-ring (bicyclic) bond motifs is 1. The molecule has 0 bridgehead atoms. The van der Waals surface area contributed by atoms with E-state index < -0.39 is 5.54 Å². The van der Waals surface area contributed by atoms with Crippen LogP contribution in [0.3, 0.4) is 0 Å². The van der Waals surface area contributed by atoms with Crippen molar-refractivity contribution in [2.75, 3.05) is 19.6 Å². The van der Waals surface area contributed by atoms with E-state index in [1.165, 1.54) is 0 Å². The van der Waals surface area contributed by atoms with E-state index in [9.17, 15) is 10.1 Å². The van der Waals surface area contributed by atoms with Gasteiger partial charge >= 0.3 is 0 Å². The van der Waals surface area contributed by atoms with Crippen molar-refractivity contribution in [3.05, 3.63) is 30.2 Å². The summed E-state index contributed by atoms with van der Waals surface area (Å²) in [5, 5.41) is 12.7. The summed E-state index contributed by atoms with van der Waals surface area (Å²) in [5.74, 6) is 1.09. The number of hydrogen-bond acceptors (Lipinski definition) is 5. The molecule has 2 heterocycles. The number of carbonyl (C=O) groups is 1. The molecule has 2 aromatic rings. The highest BCUT2D eigenvalue weighted by Crippen LogP contribution is 2.30. The molecule has 1 saturated heterocycles. The van der Waals surface area contributed by atoms with Gasteiger partial charge in [-0.25, -0.2) is 4.98 Å². The SMILES string of the molecule is N#CC1(NC(=O)CN2CCC(c3nc4ccccc4o3)CC2)CCCCCC1. The Morgan fingerprint density at radius 2 is 1.93 bits per heavy atom. The first kappa shape index (κ1) is 18.9. The highest BCUT2D eigenvalue weighted by Gasteiger charge is 2.33. The summed E-state index contributed by atoms with van der Waals surface area (Å²) in [6.45, 7) is 2.05. The van der Waals surface area contributed by atoms with Gasteiger partial charge in [-0.15, -0.1) is 0 Å². The van der Waals surface area contributed by atoms with Gasteiger partial charge in [-0.05, 0) is 50.9 Å². The van der Waals surface area contributed by atoms with Crippen molar-refractivity contribution < 1.29 is 9.21 Å². The lowest BCUT2D eigenvalue weighted by molar-refractivity contribution is -0.124. The average molecular weight is 380 g/mol. The third-order valence-electron chi connectivity index (χ3n) is 6.16. The standard InChI is InChI=1S/C22H28N4O2/c23-16-22(11-5-1-2-6-12-22)25-20(27)15-26-13-9-17(10-14-26)21-24-18-7-3-4-8-19(18)28-21/h3-4,7-8,17H,1-2,5-6,9-15H2,(H,25,27). The normalized spacial score (nSPS) is 21.1. The van der Waals surface area contributed by atoms with Crippen LogP contribution in [0.4, 0.5) is 0 Å². The number of nitrogens with zero attached hydrogens (tertiary/aromatic N) is 3. The van der Waals surface area contributed by atoms with E-state index in [2.05, 4.69) is 21.3 Å². The van der Waals surface area contributed by atoms with Crippen molar-refractivity contribution in [3.63, 3.8) is 0 Å². The van der Waals surface area contributed by atoms with Gasteiger partial charge in [-0.1, -0.05) is 37.8 Å². The largest absolute Gasteiger partial charge is 0.440 e. The second kappa shape index (κ2) is 8.32. The number of carbonyl (C=O) groups excluding carboxylic acids is 1. The van der Waals surface area contributed by atoms with E-state index in [-0.39, 0.29) is 5.91 Å². The summed E-state index contributed by atoms with van der Waals surface area (Å²) in [5.41, 5.74) is 1.08. The number of hydrogen-bond donors (Lipinski definition) is 1. The van der Waals surface area contributed by atoms with Gasteiger partial charge in [-0.2, -0.15) is 5.26 Å². The third kappa shape index (κ3) is 4.20. The third-order valence-corrected chi connectivity index (χ3v) is 6.16. The Morgan fingerprint density at radius 1 is 1.21 bits per heavy atom. The summed E-state index contributed by atoms with van der Waals surface area (Å²) in [4.78, 5) is 19.4. The highest BCUT2D eigenvalue weighted by atomic mass is 16.3. The molecule has 0 spiro atoms. The molecule has 2 fully saturated rings. The molecule has 1 aliphatic carbocycles. The van der Waals surface area contributed by atoms with E-state index in [0.29, 0.717) is 12.5 Å². The van der Waals surface area contributed by atoms with Crippen LogP contribution in [0.5, 0.6) is 0 Å². The molecule has 6 heteroatoms. The lowest BCUT2D eigenvalue weighted by Crippen LogP contribution is -2.51. The van der Waals surface area contributed by atoms with Gasteiger partial charge in [0.15, 0.2) is 11.5 Å². The van der Waals surface area contributed by atoms with Gasteiger partial charge in [0.1, 0.15) is 11.1 Å². The molecule has 1 aromatic carbocycles. The maximum atomic E-state index is 12.6. The topological polar surface area (TPSA) is 82.2 Å². The monoisotopic (exact) mass is 380 g/mol. The maximum Gasteiger partial charge on any atom is 0.235 e. The minimum Gasteiger partial charge on any atom is -0.440 e. The van der Waals surface area contributed by atoms with E-state index in [1.807, 2.05) is 24.3 Å². The fourth-order valence-electron chi connectivity index (χ4n) is 4.51. The van der Waals surface area contributed by atoms with E-state index in [4.69, 9.17) is 4.42 Å². The van der Waals surface area contributed by atoms with Crippen LogP contribution in [0.25, 0.3) is 11.1 Å². The average Bonchev–Trinajstić information content (AvgIpc) is 3.01. The lowest BCUT2D eigenvalue weighted by Gasteiger charge is -2.32. The maximum absolute atomic E-state index is 12.6. The van der Waals surface area contributed by atoms with Crippen molar-refractivity contribution in [1.29, 1.82) is 5.26 Å². The van der Waals surface area contributed by atoms with E-state index >= 15 is 0 Å². The quantitative estimate of drug-likeness (QED) is 0.817. The van der Waals surface area contributed by atoms with Crippen molar-refractivity contribution >= 4 is 17.0 Å². The van der Waals surface area contributed by atoms with E-state index in [0.717, 1.165) is 81.4 Å². The fraction of sp³-hybridized carbons (Fsp3) is 0.591. The Labute approximate surface area is 165 Å². The van der Waals surface area contributed by atoms with E-state index in [1.54, 1.807) is 0 Å². The number of nitrogens with one attached hydrogen (secondary N) is 1. The summed E-state index contributed by atoms with van der Waals surface area (Å²) in [6.07, 6.45) is 7.76. The molecule has 6 nitrogen and oxygen atoms in total. The number of piperidine rings is 1. The van der Waals surface area contributed by atoms with Gasteiger partial charge in [0.05, 0.1) is 12.6 Å². The molecular weight excluding hydrogens is 352 g/mol. The second-order valence-corrected chi connectivity index (χ2v) is 8.23. The molecule has 1 amide bonds. The number of likely N-dealkylation sites (tertiary alicyclic amines) is 1. The van der Waals surface area contributed by atoms with Gasteiger partial charge in [0, 0.05) is 5.92 Å². The molecule has 4 rings (SSSR count). The number of aromatic nitrogens is 1. The predicted molar refractivity (Wildman–Crippen MR) is 107 cm³/mol. The van der Waals surface area contributed by atoms with Crippen LogP contribution in [0, 0.1) is 11.3 Å². The summed E-state index contributed by atoms with van der Waals surface area (Å²) in [7, 11) is 0. The summed E-state index contributed by atoms with van der Waals surface area (Å²) >= 11 is 0. The number of para-hydroxylation sites is 2. The molecule has 0 unspecified atom stereocenters.